The number of hydrogen-bond acceptors (Lipinski definition) is 4. The van der Waals surface area contributed by atoms with Crippen LogP contribution in [-0.4, -0.2) is 10.9 Å². The highest BCUT2D eigenvalue weighted by atomic mass is 35.5. The summed E-state index contributed by atoms with van der Waals surface area (Å²) in [5.41, 5.74) is 8.47. The molecule has 0 atom stereocenters. The largest absolute Gasteiger partial charge is 0.441 e. The van der Waals surface area contributed by atoms with Crippen molar-refractivity contribution in [2.45, 2.75) is 6.92 Å². The molecule has 5 nitrogen and oxygen atoms in total. The average Bonchev–Trinajstić information content (AvgIpc) is 2.77. The number of halogens is 1. The summed E-state index contributed by atoms with van der Waals surface area (Å²) in [4.78, 5) is 16.4. The van der Waals surface area contributed by atoms with Crippen LogP contribution in [0.3, 0.4) is 0 Å². The molecule has 0 unspecified atom stereocenters. The standard InChI is InChI=1S/C15H12ClN3O2/c1-8-18-13-7-10(3-5-14(13)21-8)19-15(20)11-4-2-9(17)6-12(11)16/h2-7H,17H2,1H3,(H,19,20). The topological polar surface area (TPSA) is 81.2 Å². The average molecular weight is 302 g/mol. The fraction of sp³-hybridized carbons (Fsp3) is 0.0667. The third kappa shape index (κ3) is 2.68. The number of carbonyl (C=O) groups is 1. The number of aromatic nitrogens is 1. The van der Waals surface area contributed by atoms with E-state index < -0.39 is 0 Å². The first-order valence-electron chi connectivity index (χ1n) is 6.26. The summed E-state index contributed by atoms with van der Waals surface area (Å²) in [6.07, 6.45) is 0. The Labute approximate surface area is 125 Å². The van der Waals surface area contributed by atoms with Crippen molar-refractivity contribution < 1.29 is 9.21 Å². The van der Waals surface area contributed by atoms with Crippen molar-refractivity contribution in [3.05, 3.63) is 52.9 Å². The number of amides is 1. The van der Waals surface area contributed by atoms with Gasteiger partial charge in [-0.05, 0) is 36.4 Å². The number of aryl methyl sites for hydroxylation is 1. The summed E-state index contributed by atoms with van der Waals surface area (Å²) in [5.74, 6) is 0.273. The van der Waals surface area contributed by atoms with E-state index in [2.05, 4.69) is 10.3 Å². The Hall–Kier alpha value is -2.53. The highest BCUT2D eigenvalue weighted by Crippen LogP contribution is 2.23. The predicted molar refractivity (Wildman–Crippen MR) is 82.6 cm³/mol. The maximum absolute atomic E-state index is 12.2. The van der Waals surface area contributed by atoms with E-state index in [1.54, 1.807) is 43.3 Å². The molecule has 21 heavy (non-hydrogen) atoms. The minimum Gasteiger partial charge on any atom is -0.441 e. The molecule has 1 aromatic heterocycles. The van der Waals surface area contributed by atoms with Crippen LogP contribution in [0.1, 0.15) is 16.2 Å². The number of nitrogens with two attached hydrogens (primary N) is 1. The van der Waals surface area contributed by atoms with E-state index in [9.17, 15) is 4.79 Å². The lowest BCUT2D eigenvalue weighted by atomic mass is 10.2. The summed E-state index contributed by atoms with van der Waals surface area (Å²) < 4.78 is 5.39. The molecular weight excluding hydrogens is 290 g/mol. The van der Waals surface area contributed by atoms with Gasteiger partial charge in [0.2, 0.25) is 0 Å². The quantitative estimate of drug-likeness (QED) is 0.708. The van der Waals surface area contributed by atoms with Gasteiger partial charge in [-0.2, -0.15) is 0 Å². The van der Waals surface area contributed by atoms with Gasteiger partial charge < -0.3 is 15.5 Å². The van der Waals surface area contributed by atoms with Gasteiger partial charge in [-0.3, -0.25) is 4.79 Å². The Kier molecular flexibility index (Phi) is 3.27. The number of hydrogen-bond donors (Lipinski definition) is 2. The maximum atomic E-state index is 12.2. The molecular formula is C15H12ClN3O2. The van der Waals surface area contributed by atoms with Crippen LogP contribution in [0.4, 0.5) is 11.4 Å². The van der Waals surface area contributed by atoms with Crippen LogP contribution in [0.5, 0.6) is 0 Å². The van der Waals surface area contributed by atoms with Crippen LogP contribution in [0.2, 0.25) is 5.02 Å². The van der Waals surface area contributed by atoms with E-state index in [0.717, 1.165) is 0 Å². The molecule has 3 N–H and O–H groups in total. The summed E-state index contributed by atoms with van der Waals surface area (Å²) >= 11 is 6.02. The SMILES string of the molecule is Cc1nc2cc(NC(=O)c3ccc(N)cc3Cl)ccc2o1. The molecule has 0 aliphatic carbocycles. The van der Waals surface area contributed by atoms with E-state index >= 15 is 0 Å². The second-order valence-electron chi connectivity index (χ2n) is 4.61. The lowest BCUT2D eigenvalue weighted by Gasteiger charge is -2.07. The molecule has 1 heterocycles. The van der Waals surface area contributed by atoms with Crippen molar-refractivity contribution in [3.8, 4) is 0 Å². The maximum Gasteiger partial charge on any atom is 0.257 e. The summed E-state index contributed by atoms with van der Waals surface area (Å²) in [5, 5.41) is 3.09. The minimum atomic E-state index is -0.306. The van der Waals surface area contributed by atoms with Gasteiger partial charge in [0.25, 0.3) is 5.91 Å². The molecule has 3 aromatic rings. The van der Waals surface area contributed by atoms with Gasteiger partial charge in [-0.15, -0.1) is 0 Å². The molecule has 0 aliphatic heterocycles. The number of fused-ring (bicyclic) bond motifs is 1. The highest BCUT2D eigenvalue weighted by molar-refractivity contribution is 6.34. The second kappa shape index (κ2) is 5.10. The van der Waals surface area contributed by atoms with Crippen LogP contribution < -0.4 is 11.1 Å². The van der Waals surface area contributed by atoms with E-state index in [0.29, 0.717) is 39.0 Å². The smallest absolute Gasteiger partial charge is 0.257 e. The van der Waals surface area contributed by atoms with E-state index in [1.165, 1.54) is 0 Å². The molecule has 0 fully saturated rings. The zero-order chi connectivity index (χ0) is 15.0. The van der Waals surface area contributed by atoms with Gasteiger partial charge in [-0.25, -0.2) is 4.98 Å². The summed E-state index contributed by atoms with van der Waals surface area (Å²) in [6.45, 7) is 1.77. The van der Waals surface area contributed by atoms with Crippen LogP contribution in [0.25, 0.3) is 11.1 Å². The Morgan fingerprint density at radius 2 is 2.10 bits per heavy atom. The van der Waals surface area contributed by atoms with E-state index in [1.807, 2.05) is 0 Å². The van der Waals surface area contributed by atoms with Gasteiger partial charge in [0.15, 0.2) is 11.5 Å². The number of carbonyl (C=O) groups excluding carboxylic acids is 1. The lowest BCUT2D eigenvalue weighted by molar-refractivity contribution is 0.102. The molecule has 0 bridgehead atoms. The van der Waals surface area contributed by atoms with Gasteiger partial charge in [0.1, 0.15) is 5.52 Å². The molecule has 1 amide bonds. The molecule has 6 heteroatoms. The predicted octanol–water partition coefficient (Wildman–Crippen LogP) is 3.62. The number of oxazole rings is 1. The van der Waals surface area contributed by atoms with Gasteiger partial charge in [0.05, 0.1) is 10.6 Å². The molecule has 106 valence electrons. The highest BCUT2D eigenvalue weighted by Gasteiger charge is 2.12. The first kappa shape index (κ1) is 13.5. The van der Waals surface area contributed by atoms with E-state index in [4.69, 9.17) is 21.8 Å². The molecule has 0 radical (unpaired) electrons. The molecule has 0 saturated carbocycles. The number of nitrogen functional groups attached to an aromatic ring is 1. The molecule has 3 rings (SSSR count). The number of anilines is 2. The Morgan fingerprint density at radius 3 is 2.86 bits per heavy atom. The Bertz CT molecular complexity index is 842. The van der Waals surface area contributed by atoms with Crippen LogP contribution >= 0.6 is 11.6 Å². The van der Waals surface area contributed by atoms with Crippen molar-refractivity contribution in [2.24, 2.45) is 0 Å². The monoisotopic (exact) mass is 301 g/mol. The van der Waals surface area contributed by atoms with Crippen molar-refractivity contribution >= 4 is 40.0 Å². The number of nitrogens with one attached hydrogen (secondary N) is 1. The number of benzene rings is 2. The third-order valence-electron chi connectivity index (χ3n) is 2.99. The molecule has 0 aliphatic rings. The first-order valence-corrected chi connectivity index (χ1v) is 6.64. The first-order chi connectivity index (χ1) is 10.0. The summed E-state index contributed by atoms with van der Waals surface area (Å²) in [7, 11) is 0. The molecule has 0 spiro atoms. The number of nitrogens with zero attached hydrogens (tertiary/aromatic N) is 1. The van der Waals surface area contributed by atoms with Crippen molar-refractivity contribution in [1.82, 2.24) is 4.98 Å². The van der Waals surface area contributed by atoms with Crippen LogP contribution in [0, 0.1) is 6.92 Å². The molecule has 0 saturated heterocycles. The minimum absolute atomic E-state index is 0.306. The van der Waals surface area contributed by atoms with Crippen molar-refractivity contribution in [3.63, 3.8) is 0 Å². The zero-order valence-electron chi connectivity index (χ0n) is 11.2. The van der Waals surface area contributed by atoms with Crippen LogP contribution in [0.15, 0.2) is 40.8 Å². The Balaban J connectivity index is 1.88. The van der Waals surface area contributed by atoms with Gasteiger partial charge in [0, 0.05) is 18.3 Å². The summed E-state index contributed by atoms with van der Waals surface area (Å²) in [6, 6.07) is 10.0. The fourth-order valence-corrected chi connectivity index (χ4v) is 2.31. The number of rotatable bonds is 2. The van der Waals surface area contributed by atoms with Gasteiger partial charge in [-0.1, -0.05) is 11.6 Å². The van der Waals surface area contributed by atoms with Crippen LogP contribution in [-0.2, 0) is 0 Å². The third-order valence-corrected chi connectivity index (χ3v) is 3.30. The molecule has 2 aromatic carbocycles. The van der Waals surface area contributed by atoms with Crippen molar-refractivity contribution in [2.75, 3.05) is 11.1 Å². The lowest BCUT2D eigenvalue weighted by Crippen LogP contribution is -2.12. The zero-order valence-corrected chi connectivity index (χ0v) is 11.9. The fourth-order valence-electron chi connectivity index (χ4n) is 2.03. The Morgan fingerprint density at radius 1 is 1.29 bits per heavy atom. The van der Waals surface area contributed by atoms with E-state index in [-0.39, 0.29) is 5.91 Å². The van der Waals surface area contributed by atoms with Crippen molar-refractivity contribution in [1.29, 1.82) is 0 Å². The second-order valence-corrected chi connectivity index (χ2v) is 5.02. The van der Waals surface area contributed by atoms with Gasteiger partial charge >= 0.3 is 0 Å². The normalized spacial score (nSPS) is 10.8.